The van der Waals surface area contributed by atoms with Gasteiger partial charge in [0.15, 0.2) is 5.96 Å². The Kier molecular flexibility index (Phi) is 7.83. The fraction of sp³-hybridized carbons (Fsp3) is 0.765. The SMILES string of the molecule is CCc1nncn1CCNC(=NC)N1CCN(CC(=O)NC(C)C)CC1. The van der Waals surface area contributed by atoms with Crippen LogP contribution in [0, 0.1) is 0 Å². The van der Waals surface area contributed by atoms with Crippen molar-refractivity contribution in [2.75, 3.05) is 46.3 Å². The van der Waals surface area contributed by atoms with Gasteiger partial charge in [0.25, 0.3) is 0 Å². The first-order valence-electron chi connectivity index (χ1n) is 9.37. The zero-order valence-electron chi connectivity index (χ0n) is 16.4. The summed E-state index contributed by atoms with van der Waals surface area (Å²) in [7, 11) is 1.81. The number of carbonyl (C=O) groups is 1. The first-order valence-corrected chi connectivity index (χ1v) is 9.37. The molecule has 0 aliphatic carbocycles. The maximum Gasteiger partial charge on any atom is 0.234 e. The third-order valence-corrected chi connectivity index (χ3v) is 4.35. The zero-order valence-corrected chi connectivity index (χ0v) is 16.4. The Labute approximate surface area is 155 Å². The summed E-state index contributed by atoms with van der Waals surface area (Å²) < 4.78 is 2.06. The molecule has 9 heteroatoms. The van der Waals surface area contributed by atoms with Crippen LogP contribution in [0.4, 0.5) is 0 Å². The second-order valence-corrected chi connectivity index (χ2v) is 6.75. The van der Waals surface area contributed by atoms with E-state index in [0.717, 1.165) is 57.5 Å². The highest BCUT2D eigenvalue weighted by Gasteiger charge is 2.21. The maximum absolute atomic E-state index is 11.9. The number of guanidine groups is 1. The van der Waals surface area contributed by atoms with Crippen molar-refractivity contribution in [2.45, 2.75) is 39.8 Å². The minimum Gasteiger partial charge on any atom is -0.354 e. The van der Waals surface area contributed by atoms with Crippen LogP contribution in [0.2, 0.25) is 0 Å². The lowest BCUT2D eigenvalue weighted by atomic mass is 10.3. The van der Waals surface area contributed by atoms with Crippen LogP contribution in [0.3, 0.4) is 0 Å². The fourth-order valence-electron chi connectivity index (χ4n) is 3.05. The van der Waals surface area contributed by atoms with Crippen LogP contribution in [0.1, 0.15) is 26.6 Å². The first kappa shape index (κ1) is 20.2. The summed E-state index contributed by atoms with van der Waals surface area (Å²) in [6.45, 7) is 11.5. The molecule has 0 unspecified atom stereocenters. The van der Waals surface area contributed by atoms with Gasteiger partial charge >= 0.3 is 0 Å². The molecular formula is C17H32N8O. The Bertz CT molecular complexity index is 589. The van der Waals surface area contributed by atoms with Gasteiger partial charge in [0.1, 0.15) is 12.2 Å². The third kappa shape index (κ3) is 5.98. The molecule has 1 amide bonds. The minimum atomic E-state index is 0.0941. The van der Waals surface area contributed by atoms with Crippen LogP contribution in [0.15, 0.2) is 11.3 Å². The van der Waals surface area contributed by atoms with E-state index in [4.69, 9.17) is 0 Å². The van der Waals surface area contributed by atoms with Crippen LogP contribution in [-0.4, -0.2) is 88.8 Å². The summed E-state index contributed by atoms with van der Waals surface area (Å²) in [6.07, 6.45) is 2.64. The van der Waals surface area contributed by atoms with Gasteiger partial charge in [0.05, 0.1) is 6.54 Å². The molecule has 0 saturated carbocycles. The predicted octanol–water partition coefficient (Wildman–Crippen LogP) is -0.442. The lowest BCUT2D eigenvalue weighted by molar-refractivity contribution is -0.123. The molecular weight excluding hydrogens is 332 g/mol. The number of carbonyl (C=O) groups excluding carboxylic acids is 1. The monoisotopic (exact) mass is 364 g/mol. The molecule has 146 valence electrons. The molecule has 26 heavy (non-hydrogen) atoms. The van der Waals surface area contributed by atoms with Gasteiger partial charge in [-0.3, -0.25) is 14.7 Å². The van der Waals surface area contributed by atoms with Crippen LogP contribution in [0.25, 0.3) is 0 Å². The van der Waals surface area contributed by atoms with Gasteiger partial charge in [-0.15, -0.1) is 10.2 Å². The van der Waals surface area contributed by atoms with E-state index in [1.165, 1.54) is 0 Å². The average Bonchev–Trinajstić information content (AvgIpc) is 3.06. The molecule has 0 radical (unpaired) electrons. The number of nitrogens with zero attached hydrogens (tertiary/aromatic N) is 6. The van der Waals surface area contributed by atoms with E-state index in [1.807, 2.05) is 13.8 Å². The lowest BCUT2D eigenvalue weighted by Gasteiger charge is -2.36. The number of aromatic nitrogens is 3. The van der Waals surface area contributed by atoms with Crippen LogP contribution in [0.5, 0.6) is 0 Å². The maximum atomic E-state index is 11.9. The molecule has 1 aliphatic rings. The lowest BCUT2D eigenvalue weighted by Crippen LogP contribution is -2.54. The van der Waals surface area contributed by atoms with Crippen molar-refractivity contribution in [3.63, 3.8) is 0 Å². The second kappa shape index (κ2) is 10.1. The highest BCUT2D eigenvalue weighted by atomic mass is 16.2. The number of hydrogen-bond donors (Lipinski definition) is 2. The van der Waals surface area contributed by atoms with E-state index in [1.54, 1.807) is 13.4 Å². The molecule has 0 spiro atoms. The van der Waals surface area contributed by atoms with E-state index < -0.39 is 0 Å². The van der Waals surface area contributed by atoms with Crippen LogP contribution in [-0.2, 0) is 17.8 Å². The molecule has 2 rings (SSSR count). The fourth-order valence-corrected chi connectivity index (χ4v) is 3.05. The Balaban J connectivity index is 1.73. The quantitative estimate of drug-likeness (QED) is 0.503. The van der Waals surface area contributed by atoms with Gasteiger partial charge in [0, 0.05) is 58.8 Å². The number of amides is 1. The molecule has 0 atom stereocenters. The van der Waals surface area contributed by atoms with E-state index in [2.05, 4.69) is 47.1 Å². The highest BCUT2D eigenvalue weighted by molar-refractivity contribution is 5.80. The summed E-state index contributed by atoms with van der Waals surface area (Å²) >= 11 is 0. The number of nitrogens with one attached hydrogen (secondary N) is 2. The molecule has 1 fully saturated rings. The van der Waals surface area contributed by atoms with Crippen molar-refractivity contribution in [1.82, 2.24) is 35.2 Å². The molecule has 1 saturated heterocycles. The smallest absolute Gasteiger partial charge is 0.234 e. The predicted molar refractivity (Wildman–Crippen MR) is 102 cm³/mol. The van der Waals surface area contributed by atoms with E-state index in [9.17, 15) is 4.79 Å². The highest BCUT2D eigenvalue weighted by Crippen LogP contribution is 2.02. The van der Waals surface area contributed by atoms with E-state index in [-0.39, 0.29) is 11.9 Å². The van der Waals surface area contributed by atoms with E-state index in [0.29, 0.717) is 6.54 Å². The molecule has 1 aliphatic heterocycles. The molecule has 2 heterocycles. The number of aryl methyl sites for hydroxylation is 1. The summed E-state index contributed by atoms with van der Waals surface area (Å²) in [4.78, 5) is 20.7. The molecule has 0 aromatic carbocycles. The molecule has 9 nitrogen and oxygen atoms in total. The number of piperazine rings is 1. The van der Waals surface area contributed by atoms with Crippen LogP contribution >= 0.6 is 0 Å². The number of hydrogen-bond acceptors (Lipinski definition) is 5. The van der Waals surface area contributed by atoms with Crippen molar-refractivity contribution in [3.05, 3.63) is 12.2 Å². The third-order valence-electron chi connectivity index (χ3n) is 4.35. The average molecular weight is 364 g/mol. The Morgan fingerprint density at radius 3 is 2.65 bits per heavy atom. The second-order valence-electron chi connectivity index (χ2n) is 6.75. The van der Waals surface area contributed by atoms with Crippen molar-refractivity contribution >= 4 is 11.9 Å². The van der Waals surface area contributed by atoms with Crippen LogP contribution < -0.4 is 10.6 Å². The minimum absolute atomic E-state index is 0.0941. The molecule has 0 bridgehead atoms. The Hall–Kier alpha value is -2.16. The molecule has 1 aromatic heterocycles. The summed E-state index contributed by atoms with van der Waals surface area (Å²) in [5, 5.41) is 14.4. The van der Waals surface area contributed by atoms with Gasteiger partial charge in [-0.05, 0) is 13.8 Å². The number of rotatable bonds is 7. The standard InChI is InChI=1S/C17H32N8O/c1-5-15-22-20-13-25(15)7-6-19-17(18-4)24-10-8-23(9-11-24)12-16(26)21-14(2)3/h13-14H,5-12H2,1-4H3,(H,18,19)(H,21,26). The Morgan fingerprint density at radius 2 is 2.04 bits per heavy atom. The number of aliphatic imine (C=N–C) groups is 1. The topological polar surface area (TPSA) is 90.7 Å². The van der Waals surface area contributed by atoms with Crippen molar-refractivity contribution in [1.29, 1.82) is 0 Å². The molecule has 1 aromatic rings. The summed E-state index contributed by atoms with van der Waals surface area (Å²) in [5.41, 5.74) is 0. The van der Waals surface area contributed by atoms with Gasteiger partial charge in [-0.1, -0.05) is 6.92 Å². The summed E-state index contributed by atoms with van der Waals surface area (Å²) in [6, 6.07) is 0.186. The van der Waals surface area contributed by atoms with Crippen molar-refractivity contribution < 1.29 is 4.79 Å². The molecule has 2 N–H and O–H groups in total. The van der Waals surface area contributed by atoms with Gasteiger partial charge in [-0.2, -0.15) is 0 Å². The normalized spacial score (nSPS) is 16.2. The van der Waals surface area contributed by atoms with Crippen molar-refractivity contribution in [3.8, 4) is 0 Å². The van der Waals surface area contributed by atoms with E-state index >= 15 is 0 Å². The first-order chi connectivity index (χ1) is 12.5. The largest absolute Gasteiger partial charge is 0.354 e. The van der Waals surface area contributed by atoms with Gasteiger partial charge in [-0.25, -0.2) is 0 Å². The van der Waals surface area contributed by atoms with Gasteiger partial charge in [0.2, 0.25) is 5.91 Å². The zero-order chi connectivity index (χ0) is 18.9. The Morgan fingerprint density at radius 1 is 1.31 bits per heavy atom. The summed E-state index contributed by atoms with van der Waals surface area (Å²) in [5.74, 6) is 1.99. The van der Waals surface area contributed by atoms with Gasteiger partial charge < -0.3 is 20.1 Å². The van der Waals surface area contributed by atoms with Crippen molar-refractivity contribution in [2.24, 2.45) is 4.99 Å².